The zero-order chi connectivity index (χ0) is 20.2. The lowest BCUT2D eigenvalue weighted by atomic mass is 10.1. The average Bonchev–Trinajstić information content (AvgIpc) is 3.18. The molecule has 2 N–H and O–H groups in total. The first-order chi connectivity index (χ1) is 14.1. The number of terminal acetylenes is 1. The molecule has 0 atom stereocenters. The molecular weight excluding hydrogens is 366 g/mol. The van der Waals surface area contributed by atoms with Gasteiger partial charge in [0.2, 0.25) is 5.95 Å². The molecule has 0 saturated heterocycles. The lowest BCUT2D eigenvalue weighted by molar-refractivity contribution is 0.201. The molecule has 0 saturated carbocycles. The summed E-state index contributed by atoms with van der Waals surface area (Å²) in [5.74, 6) is 3.70. The molecule has 2 aromatic heterocycles. The van der Waals surface area contributed by atoms with Gasteiger partial charge in [0, 0.05) is 47.7 Å². The van der Waals surface area contributed by atoms with E-state index in [0.29, 0.717) is 11.7 Å². The van der Waals surface area contributed by atoms with Crippen LogP contribution in [0.5, 0.6) is 5.75 Å². The number of aliphatic hydroxyl groups excluding tert-OH is 1. The second-order valence-electron chi connectivity index (χ2n) is 6.46. The number of rotatable bonds is 6. The van der Waals surface area contributed by atoms with Gasteiger partial charge < -0.3 is 15.2 Å². The molecule has 4 aromatic rings. The molecule has 0 fully saturated rings. The summed E-state index contributed by atoms with van der Waals surface area (Å²) in [7, 11) is 1.86. The summed E-state index contributed by atoms with van der Waals surface area (Å²) in [6, 6.07) is 11.3. The van der Waals surface area contributed by atoms with E-state index in [1.54, 1.807) is 17.1 Å². The SMILES string of the molecule is C#Cc1ccc2nc(Nc3cc(OCCO)cc(-c4cnn(C)c4)c3)ncc2c1. The van der Waals surface area contributed by atoms with Crippen LogP contribution in [0.3, 0.4) is 0 Å². The number of ether oxygens (including phenoxy) is 1. The summed E-state index contributed by atoms with van der Waals surface area (Å²) < 4.78 is 7.36. The molecular formula is C22H19N5O2. The predicted octanol–water partition coefficient (Wildman–Crippen LogP) is 3.13. The normalized spacial score (nSPS) is 10.7. The summed E-state index contributed by atoms with van der Waals surface area (Å²) >= 11 is 0. The molecule has 7 heteroatoms. The fraction of sp³-hybridized carbons (Fsp3) is 0.136. The van der Waals surface area contributed by atoms with E-state index in [9.17, 15) is 0 Å². The van der Waals surface area contributed by atoms with Gasteiger partial charge >= 0.3 is 0 Å². The standard InChI is InChI=1S/C22H19N5O2/c1-3-15-4-5-21-17(8-15)12-23-22(26-21)25-19-9-16(18-13-24-27(2)14-18)10-20(11-19)29-7-6-28/h1,4-5,8-14,28H,6-7H2,2H3,(H,23,25,26). The van der Waals surface area contributed by atoms with Crippen molar-refractivity contribution in [3.05, 3.63) is 60.6 Å². The van der Waals surface area contributed by atoms with Crippen LogP contribution in [0.4, 0.5) is 11.6 Å². The van der Waals surface area contributed by atoms with E-state index in [4.69, 9.17) is 16.3 Å². The van der Waals surface area contributed by atoms with Crippen molar-refractivity contribution in [2.45, 2.75) is 0 Å². The Kier molecular flexibility index (Phi) is 5.10. The third-order valence-corrected chi connectivity index (χ3v) is 4.31. The zero-order valence-electron chi connectivity index (χ0n) is 15.8. The number of aromatic nitrogens is 4. The summed E-state index contributed by atoms with van der Waals surface area (Å²) in [5, 5.41) is 17.4. The smallest absolute Gasteiger partial charge is 0.227 e. The van der Waals surface area contributed by atoms with E-state index in [2.05, 4.69) is 26.3 Å². The Balaban J connectivity index is 1.68. The van der Waals surface area contributed by atoms with Crippen molar-refractivity contribution >= 4 is 22.5 Å². The molecule has 2 aromatic carbocycles. The lowest BCUT2D eigenvalue weighted by Crippen LogP contribution is -2.03. The summed E-state index contributed by atoms with van der Waals surface area (Å²) in [5.41, 5.74) is 4.22. The molecule has 29 heavy (non-hydrogen) atoms. The van der Waals surface area contributed by atoms with Crippen molar-refractivity contribution in [2.24, 2.45) is 7.05 Å². The number of hydrogen-bond acceptors (Lipinski definition) is 6. The van der Waals surface area contributed by atoms with E-state index in [1.165, 1.54) is 0 Å². The zero-order valence-corrected chi connectivity index (χ0v) is 15.8. The van der Waals surface area contributed by atoms with Crippen LogP contribution in [0.15, 0.2) is 55.0 Å². The Morgan fingerprint density at radius 3 is 2.83 bits per heavy atom. The van der Waals surface area contributed by atoms with Gasteiger partial charge in [-0.15, -0.1) is 6.42 Å². The second-order valence-corrected chi connectivity index (χ2v) is 6.46. The monoisotopic (exact) mass is 385 g/mol. The minimum Gasteiger partial charge on any atom is -0.491 e. The molecule has 0 radical (unpaired) electrons. The number of aryl methyl sites for hydroxylation is 1. The van der Waals surface area contributed by atoms with E-state index < -0.39 is 0 Å². The van der Waals surface area contributed by atoms with E-state index in [-0.39, 0.29) is 13.2 Å². The Hall–Kier alpha value is -3.89. The van der Waals surface area contributed by atoms with Crippen LogP contribution < -0.4 is 10.1 Å². The van der Waals surface area contributed by atoms with Crippen molar-refractivity contribution in [1.82, 2.24) is 19.7 Å². The number of hydrogen-bond donors (Lipinski definition) is 2. The Morgan fingerprint density at radius 2 is 2.07 bits per heavy atom. The van der Waals surface area contributed by atoms with Crippen LogP contribution in [-0.2, 0) is 7.05 Å². The molecule has 7 nitrogen and oxygen atoms in total. The molecule has 0 amide bonds. The van der Waals surface area contributed by atoms with Gasteiger partial charge in [0.1, 0.15) is 12.4 Å². The molecule has 0 bridgehead atoms. The summed E-state index contributed by atoms with van der Waals surface area (Å²) in [6.07, 6.45) is 10.9. The van der Waals surface area contributed by atoms with Gasteiger partial charge in [-0.05, 0) is 35.9 Å². The van der Waals surface area contributed by atoms with Crippen LogP contribution in [0, 0.1) is 12.3 Å². The summed E-state index contributed by atoms with van der Waals surface area (Å²) in [4.78, 5) is 8.94. The number of anilines is 2. The quantitative estimate of drug-likeness (QED) is 0.496. The van der Waals surface area contributed by atoms with Crippen LogP contribution in [0.25, 0.3) is 22.0 Å². The van der Waals surface area contributed by atoms with Gasteiger partial charge in [0.15, 0.2) is 0 Å². The Morgan fingerprint density at radius 1 is 1.17 bits per heavy atom. The van der Waals surface area contributed by atoms with E-state index in [0.717, 1.165) is 33.3 Å². The maximum absolute atomic E-state index is 9.07. The van der Waals surface area contributed by atoms with Gasteiger partial charge in [-0.25, -0.2) is 9.97 Å². The highest BCUT2D eigenvalue weighted by atomic mass is 16.5. The van der Waals surface area contributed by atoms with Crippen molar-refractivity contribution in [1.29, 1.82) is 0 Å². The highest BCUT2D eigenvalue weighted by Crippen LogP contribution is 2.30. The topological polar surface area (TPSA) is 85.1 Å². The molecule has 144 valence electrons. The third-order valence-electron chi connectivity index (χ3n) is 4.31. The molecule has 4 rings (SSSR count). The number of aliphatic hydroxyl groups is 1. The fourth-order valence-electron chi connectivity index (χ4n) is 2.97. The summed E-state index contributed by atoms with van der Waals surface area (Å²) in [6.45, 7) is 0.146. The Labute approximate surface area is 168 Å². The van der Waals surface area contributed by atoms with E-state index in [1.807, 2.05) is 49.6 Å². The highest BCUT2D eigenvalue weighted by molar-refractivity contribution is 5.81. The van der Waals surface area contributed by atoms with Gasteiger partial charge in [0.05, 0.1) is 18.3 Å². The first-order valence-electron chi connectivity index (χ1n) is 9.03. The van der Waals surface area contributed by atoms with Crippen molar-refractivity contribution < 1.29 is 9.84 Å². The van der Waals surface area contributed by atoms with Crippen LogP contribution in [0.1, 0.15) is 5.56 Å². The van der Waals surface area contributed by atoms with Crippen molar-refractivity contribution in [3.8, 4) is 29.2 Å². The fourth-order valence-corrected chi connectivity index (χ4v) is 2.97. The number of fused-ring (bicyclic) bond motifs is 1. The third kappa shape index (κ3) is 4.18. The van der Waals surface area contributed by atoms with Gasteiger partial charge in [-0.2, -0.15) is 5.10 Å². The minimum atomic E-state index is -0.0622. The maximum Gasteiger partial charge on any atom is 0.227 e. The maximum atomic E-state index is 9.07. The number of benzene rings is 2. The molecule has 0 aliphatic rings. The minimum absolute atomic E-state index is 0.0622. The van der Waals surface area contributed by atoms with Crippen molar-refractivity contribution in [3.63, 3.8) is 0 Å². The number of nitrogens with one attached hydrogen (secondary N) is 1. The van der Waals surface area contributed by atoms with Gasteiger partial charge in [0.25, 0.3) is 0 Å². The molecule has 0 spiro atoms. The van der Waals surface area contributed by atoms with Crippen LogP contribution in [-0.4, -0.2) is 38.1 Å². The highest BCUT2D eigenvalue weighted by Gasteiger charge is 2.08. The molecule has 2 heterocycles. The second kappa shape index (κ2) is 8.00. The molecule has 0 unspecified atom stereocenters. The molecule has 0 aliphatic carbocycles. The van der Waals surface area contributed by atoms with Crippen LogP contribution in [0.2, 0.25) is 0 Å². The van der Waals surface area contributed by atoms with Gasteiger partial charge in [-0.3, -0.25) is 4.68 Å². The number of nitrogens with zero attached hydrogens (tertiary/aromatic N) is 4. The first-order valence-corrected chi connectivity index (χ1v) is 9.03. The predicted molar refractivity (Wildman–Crippen MR) is 112 cm³/mol. The largest absolute Gasteiger partial charge is 0.491 e. The first kappa shape index (κ1) is 18.5. The average molecular weight is 385 g/mol. The van der Waals surface area contributed by atoms with E-state index >= 15 is 0 Å². The van der Waals surface area contributed by atoms with Crippen LogP contribution >= 0.6 is 0 Å². The van der Waals surface area contributed by atoms with Gasteiger partial charge in [-0.1, -0.05) is 5.92 Å². The Bertz CT molecular complexity index is 1210. The van der Waals surface area contributed by atoms with Crippen molar-refractivity contribution in [2.75, 3.05) is 18.5 Å². The lowest BCUT2D eigenvalue weighted by Gasteiger charge is -2.11. The molecule has 0 aliphatic heterocycles.